The topological polar surface area (TPSA) is 88.1 Å². The van der Waals surface area contributed by atoms with Gasteiger partial charge in [-0.15, -0.1) is 0 Å². The van der Waals surface area contributed by atoms with Gasteiger partial charge in [-0.2, -0.15) is 0 Å². The van der Waals surface area contributed by atoms with E-state index in [0.29, 0.717) is 26.0 Å². The van der Waals surface area contributed by atoms with E-state index in [1.54, 1.807) is 4.90 Å². The van der Waals surface area contributed by atoms with Crippen LogP contribution in [0.2, 0.25) is 0 Å². The maximum absolute atomic E-state index is 12.3. The summed E-state index contributed by atoms with van der Waals surface area (Å²) in [5.74, 6) is 0.0256. The highest BCUT2D eigenvalue weighted by atomic mass is 16.5. The number of hydrogen-bond acceptors (Lipinski definition) is 5. The molecule has 0 bridgehead atoms. The van der Waals surface area contributed by atoms with Crippen LogP contribution in [0.5, 0.6) is 0 Å². The summed E-state index contributed by atoms with van der Waals surface area (Å²) in [5.41, 5.74) is 0. The van der Waals surface area contributed by atoms with E-state index in [1.165, 1.54) is 0 Å². The molecule has 0 aromatic carbocycles. The van der Waals surface area contributed by atoms with Crippen molar-refractivity contribution in [3.63, 3.8) is 0 Å². The Kier molecular flexibility index (Phi) is 7.45. The molecule has 24 heavy (non-hydrogen) atoms. The van der Waals surface area contributed by atoms with Crippen molar-refractivity contribution in [3.05, 3.63) is 0 Å². The molecule has 7 nitrogen and oxygen atoms in total. The van der Waals surface area contributed by atoms with Crippen molar-refractivity contribution >= 4 is 11.8 Å². The summed E-state index contributed by atoms with van der Waals surface area (Å²) >= 11 is 0. The number of nitrogens with zero attached hydrogens (tertiary/aromatic N) is 1. The Hall–Kier alpha value is -1.18. The molecule has 2 amide bonds. The number of nitrogens with one attached hydrogen (secondary N) is 1. The molecular formula is C17H30N2O5. The van der Waals surface area contributed by atoms with Gasteiger partial charge in [0.2, 0.25) is 11.8 Å². The second-order valence-corrected chi connectivity index (χ2v) is 6.59. The molecule has 2 saturated heterocycles. The van der Waals surface area contributed by atoms with Gasteiger partial charge in [0.1, 0.15) is 6.10 Å². The highest BCUT2D eigenvalue weighted by Gasteiger charge is 2.39. The molecule has 4 atom stereocenters. The van der Waals surface area contributed by atoms with Gasteiger partial charge in [-0.1, -0.05) is 13.8 Å². The number of amides is 2. The minimum atomic E-state index is -0.668. The van der Waals surface area contributed by atoms with E-state index < -0.39 is 6.10 Å². The Morgan fingerprint density at radius 3 is 2.75 bits per heavy atom. The van der Waals surface area contributed by atoms with Crippen LogP contribution in [0.3, 0.4) is 0 Å². The van der Waals surface area contributed by atoms with Crippen LogP contribution in [-0.4, -0.2) is 72.5 Å². The molecule has 2 rings (SSSR count). The molecule has 7 heteroatoms. The average Bonchev–Trinajstić information content (AvgIpc) is 2.56. The predicted molar refractivity (Wildman–Crippen MR) is 88.4 cm³/mol. The molecule has 0 aromatic heterocycles. The van der Waals surface area contributed by atoms with Gasteiger partial charge in [0.05, 0.1) is 37.9 Å². The lowest BCUT2D eigenvalue weighted by Crippen LogP contribution is -2.57. The summed E-state index contributed by atoms with van der Waals surface area (Å²) < 4.78 is 11.6. The van der Waals surface area contributed by atoms with Crippen LogP contribution in [-0.2, 0) is 19.1 Å². The van der Waals surface area contributed by atoms with E-state index in [-0.39, 0.29) is 43.2 Å². The van der Waals surface area contributed by atoms with E-state index in [9.17, 15) is 14.7 Å². The molecule has 0 unspecified atom stereocenters. The largest absolute Gasteiger partial charge is 0.389 e. The first-order valence-electron chi connectivity index (χ1n) is 9.02. The number of hydrogen-bond donors (Lipinski definition) is 2. The number of fused-ring (bicyclic) bond motifs is 1. The number of carbonyl (C=O) groups is 2. The first-order chi connectivity index (χ1) is 11.5. The summed E-state index contributed by atoms with van der Waals surface area (Å²) in [6.07, 6.45) is 2.08. The van der Waals surface area contributed by atoms with Crippen molar-refractivity contribution in [3.8, 4) is 0 Å². The number of carbonyl (C=O) groups excluding carboxylic acids is 2. The molecule has 2 fully saturated rings. The Labute approximate surface area is 143 Å². The fourth-order valence-electron chi connectivity index (χ4n) is 3.37. The first kappa shape index (κ1) is 19.1. The monoisotopic (exact) mass is 342 g/mol. The van der Waals surface area contributed by atoms with Gasteiger partial charge < -0.3 is 24.8 Å². The van der Waals surface area contributed by atoms with E-state index in [1.807, 2.05) is 13.8 Å². The Morgan fingerprint density at radius 1 is 1.25 bits per heavy atom. The third kappa shape index (κ3) is 5.16. The summed E-state index contributed by atoms with van der Waals surface area (Å²) in [4.78, 5) is 25.9. The van der Waals surface area contributed by atoms with E-state index in [0.717, 1.165) is 19.3 Å². The Bertz CT molecular complexity index is 431. The zero-order chi connectivity index (χ0) is 17.5. The van der Waals surface area contributed by atoms with Crippen LogP contribution in [0.4, 0.5) is 0 Å². The fraction of sp³-hybridized carbons (Fsp3) is 0.882. The van der Waals surface area contributed by atoms with Crippen LogP contribution in [0.1, 0.15) is 46.0 Å². The molecule has 0 spiro atoms. The lowest BCUT2D eigenvalue weighted by molar-refractivity contribution is -0.169. The Balaban J connectivity index is 1.98. The molecule has 138 valence electrons. The number of rotatable bonds is 5. The minimum Gasteiger partial charge on any atom is -0.389 e. The van der Waals surface area contributed by atoms with Gasteiger partial charge in [-0.3, -0.25) is 9.59 Å². The third-order valence-electron chi connectivity index (χ3n) is 4.59. The van der Waals surface area contributed by atoms with Crippen molar-refractivity contribution in [1.82, 2.24) is 10.2 Å². The van der Waals surface area contributed by atoms with Gasteiger partial charge in [0.15, 0.2) is 0 Å². The normalized spacial score (nSPS) is 30.9. The predicted octanol–water partition coefficient (Wildman–Crippen LogP) is 0.449. The summed E-state index contributed by atoms with van der Waals surface area (Å²) in [6, 6.07) is -0.0950. The molecule has 0 aromatic rings. The van der Waals surface area contributed by atoms with Crippen LogP contribution >= 0.6 is 0 Å². The molecule has 0 radical (unpaired) electrons. The second-order valence-electron chi connectivity index (χ2n) is 6.59. The van der Waals surface area contributed by atoms with Crippen LogP contribution in [0.25, 0.3) is 0 Å². The van der Waals surface area contributed by atoms with E-state index in [4.69, 9.17) is 9.47 Å². The van der Waals surface area contributed by atoms with Crippen LogP contribution in [0, 0.1) is 0 Å². The molecule has 2 N–H and O–H groups in total. The molecule has 2 heterocycles. The van der Waals surface area contributed by atoms with Crippen molar-refractivity contribution < 1.29 is 24.2 Å². The molecule has 2 aliphatic rings. The summed E-state index contributed by atoms with van der Waals surface area (Å²) in [6.45, 7) is 5.32. The van der Waals surface area contributed by atoms with Gasteiger partial charge in [0.25, 0.3) is 0 Å². The van der Waals surface area contributed by atoms with Crippen molar-refractivity contribution in [2.24, 2.45) is 0 Å². The maximum atomic E-state index is 12.3. The molecule has 2 aliphatic heterocycles. The van der Waals surface area contributed by atoms with Crippen molar-refractivity contribution in [2.45, 2.75) is 70.3 Å². The zero-order valence-electron chi connectivity index (χ0n) is 14.7. The zero-order valence-corrected chi connectivity index (χ0v) is 14.7. The SMILES string of the molecule is CCCNC(=O)C[C@H]1CC[C@@H]2[C@H](COC[C@H](O)CN2C(=O)CC)O1. The smallest absolute Gasteiger partial charge is 0.222 e. The average molecular weight is 342 g/mol. The maximum Gasteiger partial charge on any atom is 0.222 e. The fourth-order valence-corrected chi connectivity index (χ4v) is 3.37. The molecular weight excluding hydrogens is 312 g/mol. The number of aliphatic hydroxyl groups is 1. The van der Waals surface area contributed by atoms with E-state index >= 15 is 0 Å². The van der Waals surface area contributed by atoms with Gasteiger partial charge in [-0.25, -0.2) is 0 Å². The summed E-state index contributed by atoms with van der Waals surface area (Å²) in [5, 5.41) is 12.8. The standard InChI is InChI=1S/C17H30N2O5/c1-3-7-18-16(21)8-13-5-6-14-15(24-13)11-23-10-12(20)9-19(14)17(22)4-2/h12-15,20H,3-11H2,1-2H3,(H,18,21)/t12-,13-,14-,15+/m1/s1. The van der Waals surface area contributed by atoms with Crippen LogP contribution < -0.4 is 5.32 Å². The van der Waals surface area contributed by atoms with Crippen molar-refractivity contribution in [2.75, 3.05) is 26.3 Å². The first-order valence-corrected chi connectivity index (χ1v) is 9.02. The highest BCUT2D eigenvalue weighted by Crippen LogP contribution is 2.28. The number of ether oxygens (including phenoxy) is 2. The van der Waals surface area contributed by atoms with Gasteiger partial charge in [0, 0.05) is 19.5 Å². The van der Waals surface area contributed by atoms with E-state index in [2.05, 4.69) is 5.32 Å². The van der Waals surface area contributed by atoms with Gasteiger partial charge in [-0.05, 0) is 19.3 Å². The third-order valence-corrected chi connectivity index (χ3v) is 4.59. The Morgan fingerprint density at radius 2 is 2.04 bits per heavy atom. The quantitative estimate of drug-likeness (QED) is 0.757. The lowest BCUT2D eigenvalue weighted by Gasteiger charge is -2.44. The summed E-state index contributed by atoms with van der Waals surface area (Å²) in [7, 11) is 0. The van der Waals surface area contributed by atoms with Gasteiger partial charge >= 0.3 is 0 Å². The highest BCUT2D eigenvalue weighted by molar-refractivity contribution is 5.77. The van der Waals surface area contributed by atoms with Crippen LogP contribution in [0.15, 0.2) is 0 Å². The number of β-amino-alcohol motifs (C(OH)–C–C–N with tert-alkyl or cyclic N) is 1. The molecule has 0 aliphatic carbocycles. The second kappa shape index (κ2) is 9.34. The number of aliphatic hydroxyl groups excluding tert-OH is 1. The molecule has 0 saturated carbocycles. The lowest BCUT2D eigenvalue weighted by atomic mass is 9.94. The minimum absolute atomic E-state index is 0.00368. The van der Waals surface area contributed by atoms with Crippen molar-refractivity contribution in [1.29, 1.82) is 0 Å².